The maximum atomic E-state index is 6.56. The summed E-state index contributed by atoms with van der Waals surface area (Å²) in [5, 5.41) is 2.42. The lowest BCUT2D eigenvalue weighted by molar-refractivity contribution is -0.633. The molecule has 0 N–H and O–H groups in total. The van der Waals surface area contributed by atoms with E-state index in [9.17, 15) is 0 Å². The minimum Gasteiger partial charge on any atom is -0.460 e. The summed E-state index contributed by atoms with van der Waals surface area (Å²) in [5.74, 6) is 2.45. The Hall–Kier alpha value is -2.81. The maximum absolute atomic E-state index is 6.56. The van der Waals surface area contributed by atoms with Crippen LogP contribution in [0.2, 0.25) is 0 Å². The number of benzene rings is 2. The van der Waals surface area contributed by atoms with Crippen molar-refractivity contribution in [1.82, 2.24) is 0 Å². The van der Waals surface area contributed by atoms with Crippen molar-refractivity contribution in [2.24, 2.45) is 7.05 Å². The number of aromatic nitrogens is 1. The number of para-hydroxylation sites is 1. The third kappa shape index (κ3) is 1.94. The Morgan fingerprint density at radius 1 is 1.04 bits per heavy atom. The van der Waals surface area contributed by atoms with Crippen molar-refractivity contribution in [2.45, 2.75) is 38.5 Å². The van der Waals surface area contributed by atoms with E-state index in [2.05, 4.69) is 48.9 Å². The van der Waals surface area contributed by atoms with Crippen LogP contribution in [0, 0.1) is 6.92 Å². The predicted octanol–water partition coefficient (Wildman–Crippen LogP) is 6.15. The fraction of sp³-hybridized carbons (Fsp3) is 0.292. The van der Waals surface area contributed by atoms with Gasteiger partial charge in [-0.05, 0) is 43.4 Å². The van der Waals surface area contributed by atoms with Crippen molar-refractivity contribution in [3.05, 3.63) is 53.8 Å². The average molecular weight is 356 g/mol. The van der Waals surface area contributed by atoms with Gasteiger partial charge in [-0.15, -0.1) is 0 Å². The molecule has 0 atom stereocenters. The van der Waals surface area contributed by atoms with Gasteiger partial charge in [-0.2, -0.15) is 4.57 Å². The molecule has 6 rings (SSSR count). The van der Waals surface area contributed by atoms with Gasteiger partial charge in [0.05, 0.1) is 16.3 Å². The molecule has 2 aromatic carbocycles. The molecule has 1 aliphatic heterocycles. The summed E-state index contributed by atoms with van der Waals surface area (Å²) in [7, 11) is 2.16. The summed E-state index contributed by atoms with van der Waals surface area (Å²) in [6, 6.07) is 13.0. The quantitative estimate of drug-likeness (QED) is 0.337. The third-order valence-electron chi connectivity index (χ3n) is 6.48. The fourth-order valence-corrected chi connectivity index (χ4v) is 5.22. The molecular formula is C24H22NO2+. The summed E-state index contributed by atoms with van der Waals surface area (Å²) in [5.41, 5.74) is 7.26. The van der Waals surface area contributed by atoms with Gasteiger partial charge in [0.2, 0.25) is 11.3 Å². The summed E-state index contributed by atoms with van der Waals surface area (Å²) < 4.78 is 14.7. The normalized spacial score (nSPS) is 16.1. The van der Waals surface area contributed by atoms with E-state index in [1.165, 1.54) is 59.0 Å². The van der Waals surface area contributed by atoms with Crippen LogP contribution in [0.4, 0.5) is 0 Å². The molecule has 3 heteroatoms. The Balaban J connectivity index is 1.81. The molecule has 0 saturated heterocycles. The van der Waals surface area contributed by atoms with Crippen molar-refractivity contribution in [2.75, 3.05) is 0 Å². The molecule has 0 amide bonds. The number of hydrogen-bond acceptors (Lipinski definition) is 2. The summed E-state index contributed by atoms with van der Waals surface area (Å²) >= 11 is 0. The van der Waals surface area contributed by atoms with Gasteiger partial charge in [0.1, 0.15) is 18.9 Å². The molecule has 0 unspecified atom stereocenters. The van der Waals surface area contributed by atoms with Gasteiger partial charge in [-0.3, -0.25) is 0 Å². The monoisotopic (exact) mass is 356 g/mol. The van der Waals surface area contributed by atoms with Crippen LogP contribution in [0.5, 0.6) is 11.5 Å². The van der Waals surface area contributed by atoms with Gasteiger partial charge in [0.15, 0.2) is 5.75 Å². The number of nitrogens with zero attached hydrogens (tertiary/aromatic N) is 1. The van der Waals surface area contributed by atoms with Crippen LogP contribution in [0.1, 0.15) is 42.7 Å². The Bertz CT molecular complexity index is 1230. The highest BCUT2D eigenvalue weighted by Crippen LogP contribution is 2.53. The third-order valence-corrected chi connectivity index (χ3v) is 6.48. The van der Waals surface area contributed by atoms with Crippen molar-refractivity contribution in [3.8, 4) is 22.8 Å². The zero-order chi connectivity index (χ0) is 18.1. The van der Waals surface area contributed by atoms with Crippen molar-refractivity contribution >= 4 is 21.9 Å². The summed E-state index contributed by atoms with van der Waals surface area (Å²) in [6.07, 6.45) is 6.87. The lowest BCUT2D eigenvalue weighted by Crippen LogP contribution is -2.34. The second-order valence-corrected chi connectivity index (χ2v) is 7.98. The van der Waals surface area contributed by atoms with Crippen LogP contribution in [-0.4, -0.2) is 0 Å². The van der Waals surface area contributed by atoms with E-state index < -0.39 is 0 Å². The highest BCUT2D eigenvalue weighted by atomic mass is 16.5. The first-order chi connectivity index (χ1) is 13.2. The van der Waals surface area contributed by atoms with Crippen LogP contribution < -0.4 is 9.30 Å². The van der Waals surface area contributed by atoms with Gasteiger partial charge in [-0.25, -0.2) is 0 Å². The second-order valence-electron chi connectivity index (χ2n) is 7.98. The molecule has 2 aliphatic rings. The Kier molecular flexibility index (Phi) is 3.03. The number of pyridine rings is 1. The zero-order valence-electron chi connectivity index (χ0n) is 15.7. The minimum atomic E-state index is 0.567. The Morgan fingerprint density at radius 2 is 1.85 bits per heavy atom. The zero-order valence-corrected chi connectivity index (χ0v) is 15.7. The number of rotatable bonds is 1. The predicted molar refractivity (Wildman–Crippen MR) is 106 cm³/mol. The van der Waals surface area contributed by atoms with Crippen LogP contribution in [0.3, 0.4) is 0 Å². The average Bonchev–Trinajstić information content (AvgIpc) is 3.35. The molecule has 1 saturated carbocycles. The number of aryl methyl sites for hydroxylation is 2. The van der Waals surface area contributed by atoms with E-state index >= 15 is 0 Å². The lowest BCUT2D eigenvalue weighted by atomic mass is 9.88. The first-order valence-corrected chi connectivity index (χ1v) is 9.87. The van der Waals surface area contributed by atoms with Gasteiger partial charge >= 0.3 is 0 Å². The fourth-order valence-electron chi connectivity index (χ4n) is 5.22. The van der Waals surface area contributed by atoms with E-state index in [0.29, 0.717) is 5.92 Å². The van der Waals surface area contributed by atoms with E-state index in [-0.39, 0.29) is 0 Å². The van der Waals surface area contributed by atoms with Crippen molar-refractivity contribution in [3.63, 3.8) is 0 Å². The van der Waals surface area contributed by atoms with Crippen LogP contribution in [0.25, 0.3) is 33.1 Å². The van der Waals surface area contributed by atoms with Gasteiger partial charge in [0, 0.05) is 11.6 Å². The molecule has 27 heavy (non-hydrogen) atoms. The highest BCUT2D eigenvalue weighted by molar-refractivity contribution is 6.03. The summed E-state index contributed by atoms with van der Waals surface area (Å²) in [6.45, 7) is 2.19. The number of fused-ring (bicyclic) bond motifs is 3. The molecule has 1 aliphatic carbocycles. The Morgan fingerprint density at radius 3 is 2.70 bits per heavy atom. The molecule has 2 aromatic heterocycles. The van der Waals surface area contributed by atoms with E-state index in [1.807, 2.05) is 6.07 Å². The van der Waals surface area contributed by atoms with Crippen LogP contribution in [0.15, 0.2) is 47.1 Å². The van der Waals surface area contributed by atoms with Crippen LogP contribution >= 0.6 is 0 Å². The molecule has 134 valence electrons. The van der Waals surface area contributed by atoms with Gasteiger partial charge < -0.3 is 9.15 Å². The first-order valence-electron chi connectivity index (χ1n) is 9.87. The SMILES string of the molecule is Cc1ccc2occ3c2c1-c1c(c(C2CCCC2)c2ccccc2[n+]1C)O3. The molecule has 0 spiro atoms. The second kappa shape index (κ2) is 5.35. The van der Waals surface area contributed by atoms with Gasteiger partial charge in [0.25, 0.3) is 5.69 Å². The maximum Gasteiger partial charge on any atom is 0.257 e. The van der Waals surface area contributed by atoms with Gasteiger partial charge in [-0.1, -0.05) is 31.0 Å². The van der Waals surface area contributed by atoms with Crippen molar-refractivity contribution in [1.29, 1.82) is 0 Å². The lowest BCUT2D eigenvalue weighted by Gasteiger charge is -2.23. The molecule has 3 nitrogen and oxygen atoms in total. The highest BCUT2D eigenvalue weighted by Gasteiger charge is 2.37. The molecule has 3 heterocycles. The first kappa shape index (κ1) is 15.3. The number of hydrogen-bond donors (Lipinski definition) is 0. The number of ether oxygens (including phenoxy) is 1. The topological polar surface area (TPSA) is 26.2 Å². The standard InChI is InChI=1S/C24H22NO2/c1-14-11-12-18-22-19(13-26-18)27-24-21(15-7-3-4-8-15)16-9-5-6-10-17(16)25(2)23(24)20(14)22/h5-6,9-13,15H,3-4,7-8H2,1-2H3/q+1. The Labute approximate surface area is 158 Å². The largest absolute Gasteiger partial charge is 0.460 e. The smallest absolute Gasteiger partial charge is 0.257 e. The molecule has 4 aromatic rings. The van der Waals surface area contributed by atoms with Crippen LogP contribution in [-0.2, 0) is 7.05 Å². The summed E-state index contributed by atoms with van der Waals surface area (Å²) in [4.78, 5) is 0. The van der Waals surface area contributed by atoms with E-state index in [0.717, 1.165) is 22.5 Å². The molecule has 0 bridgehead atoms. The van der Waals surface area contributed by atoms with Crippen molar-refractivity contribution < 1.29 is 13.7 Å². The minimum absolute atomic E-state index is 0.567. The molecule has 1 fully saturated rings. The van der Waals surface area contributed by atoms with E-state index in [4.69, 9.17) is 9.15 Å². The van der Waals surface area contributed by atoms with E-state index in [1.54, 1.807) is 6.26 Å². The molecular weight excluding hydrogens is 334 g/mol. The molecule has 0 radical (unpaired) electrons. The number of furan rings is 1.